The van der Waals surface area contributed by atoms with Gasteiger partial charge < -0.3 is 9.64 Å². The van der Waals surface area contributed by atoms with Gasteiger partial charge in [-0.25, -0.2) is 13.2 Å². The molecule has 1 aromatic rings. The van der Waals surface area contributed by atoms with Crippen molar-refractivity contribution in [3.63, 3.8) is 0 Å². The summed E-state index contributed by atoms with van der Waals surface area (Å²) in [4.78, 5) is 29.3. The number of hydrogen-bond donors (Lipinski definition) is 0. The fraction of sp³-hybridized carbons (Fsp3) is 0.550. The first-order valence-electron chi connectivity index (χ1n) is 10.1. The molecule has 2 aliphatic heterocycles. The average Bonchev–Trinajstić information content (AvgIpc) is 3.18. The maximum Gasteiger partial charge on any atom is 0.354 e. The largest absolute Gasteiger partial charge is 0.461 e. The summed E-state index contributed by atoms with van der Waals surface area (Å²) in [6.07, 6.45) is 1.42. The zero-order chi connectivity index (χ0) is 21.7. The fourth-order valence-electron chi connectivity index (χ4n) is 3.56. The van der Waals surface area contributed by atoms with E-state index in [1.54, 1.807) is 16.8 Å². The number of hydrazone groups is 1. The van der Waals surface area contributed by atoms with Gasteiger partial charge in [0.25, 0.3) is 0 Å². The van der Waals surface area contributed by atoms with Crippen LogP contribution < -0.4 is 5.01 Å². The maximum atomic E-state index is 13.3. The lowest BCUT2D eigenvalue weighted by Gasteiger charge is -2.37. The van der Waals surface area contributed by atoms with Crippen LogP contribution in [0.4, 0.5) is 5.69 Å². The Morgan fingerprint density at radius 2 is 1.80 bits per heavy atom. The fourth-order valence-corrected chi connectivity index (χ4v) is 4.15. The Hall–Kier alpha value is -2.46. The van der Waals surface area contributed by atoms with Crippen molar-refractivity contribution in [2.24, 2.45) is 5.10 Å². The van der Waals surface area contributed by atoms with Gasteiger partial charge in [0.05, 0.1) is 18.0 Å². The molecule has 164 valence electrons. The highest BCUT2D eigenvalue weighted by Gasteiger charge is 2.39. The first-order valence-corrected chi connectivity index (χ1v) is 12.1. The van der Waals surface area contributed by atoms with E-state index in [1.165, 1.54) is 6.26 Å². The molecule has 2 aliphatic rings. The summed E-state index contributed by atoms with van der Waals surface area (Å²) in [5.74, 6) is -0.480. The SMILES string of the molecule is CCOC(=O)C1=NN(c2ccccc2)C(C(=O)N2CCN(CCS(C)(=O)=O)CC2)C1. The van der Waals surface area contributed by atoms with Crippen LogP contribution >= 0.6 is 0 Å². The smallest absolute Gasteiger partial charge is 0.354 e. The number of anilines is 1. The molecule has 1 aromatic carbocycles. The molecule has 30 heavy (non-hydrogen) atoms. The normalized spacial score (nSPS) is 20.2. The van der Waals surface area contributed by atoms with Crippen molar-refractivity contribution in [1.82, 2.24) is 9.80 Å². The summed E-state index contributed by atoms with van der Waals surface area (Å²) < 4.78 is 27.8. The molecule has 0 N–H and O–H groups in total. The van der Waals surface area contributed by atoms with Gasteiger partial charge in [-0.2, -0.15) is 5.10 Å². The minimum atomic E-state index is -3.01. The van der Waals surface area contributed by atoms with Crippen LogP contribution in [0.15, 0.2) is 35.4 Å². The highest BCUT2D eigenvalue weighted by molar-refractivity contribution is 7.90. The summed E-state index contributed by atoms with van der Waals surface area (Å²) in [5, 5.41) is 6.00. The minimum absolute atomic E-state index is 0.0929. The monoisotopic (exact) mass is 436 g/mol. The van der Waals surface area contributed by atoms with E-state index in [4.69, 9.17) is 4.74 Å². The molecule has 1 saturated heterocycles. The van der Waals surface area contributed by atoms with Crippen LogP contribution in [0.25, 0.3) is 0 Å². The standard InChI is InChI=1S/C20H28N4O5S/c1-3-29-20(26)17-15-18(24(21-17)16-7-5-4-6-8-16)19(25)23-11-9-22(10-12-23)13-14-30(2,27)28/h4-8,18H,3,9-15H2,1-2H3. The first kappa shape index (κ1) is 22.2. The maximum absolute atomic E-state index is 13.3. The van der Waals surface area contributed by atoms with Crippen LogP contribution in [0.3, 0.4) is 0 Å². The van der Waals surface area contributed by atoms with Gasteiger partial charge in [0.15, 0.2) is 0 Å². The van der Waals surface area contributed by atoms with E-state index >= 15 is 0 Å². The molecule has 10 heteroatoms. The summed E-state index contributed by atoms with van der Waals surface area (Å²) in [6, 6.07) is 8.68. The molecule has 0 radical (unpaired) electrons. The van der Waals surface area contributed by atoms with E-state index in [9.17, 15) is 18.0 Å². The number of rotatable bonds is 7. The van der Waals surface area contributed by atoms with Crippen LogP contribution in [0.5, 0.6) is 0 Å². The quantitative estimate of drug-likeness (QED) is 0.570. The number of esters is 1. The third-order valence-electron chi connectivity index (χ3n) is 5.19. The van der Waals surface area contributed by atoms with Crippen LogP contribution in [-0.4, -0.2) is 93.2 Å². The Morgan fingerprint density at radius 1 is 1.13 bits per heavy atom. The van der Waals surface area contributed by atoms with E-state index in [0.717, 1.165) is 5.69 Å². The van der Waals surface area contributed by atoms with Crippen molar-refractivity contribution >= 4 is 33.1 Å². The Kier molecular flexibility index (Phi) is 7.09. The van der Waals surface area contributed by atoms with Gasteiger partial charge in [-0.15, -0.1) is 0 Å². The number of carbonyl (C=O) groups excluding carboxylic acids is 2. The van der Waals surface area contributed by atoms with Crippen LogP contribution in [0.1, 0.15) is 13.3 Å². The average molecular weight is 437 g/mol. The van der Waals surface area contributed by atoms with Crippen molar-refractivity contribution in [3.8, 4) is 0 Å². The van der Waals surface area contributed by atoms with Crippen LogP contribution in [0, 0.1) is 0 Å². The second-order valence-corrected chi connectivity index (χ2v) is 9.72. The summed E-state index contributed by atoms with van der Waals surface area (Å²) >= 11 is 0. The molecule has 2 heterocycles. The Morgan fingerprint density at radius 3 is 2.40 bits per heavy atom. The Labute approximate surface area is 177 Å². The number of carbonyl (C=O) groups is 2. The number of amides is 1. The van der Waals surface area contributed by atoms with Crippen molar-refractivity contribution < 1.29 is 22.7 Å². The molecule has 0 saturated carbocycles. The molecular formula is C20H28N4O5S. The number of nitrogens with zero attached hydrogens (tertiary/aromatic N) is 4. The van der Waals surface area contributed by atoms with E-state index in [0.29, 0.717) is 32.7 Å². The predicted molar refractivity (Wildman–Crippen MR) is 114 cm³/mol. The van der Waals surface area contributed by atoms with Crippen molar-refractivity contribution in [2.75, 3.05) is 56.3 Å². The van der Waals surface area contributed by atoms with Gasteiger partial charge in [0.1, 0.15) is 21.6 Å². The lowest BCUT2D eigenvalue weighted by Crippen LogP contribution is -2.54. The lowest BCUT2D eigenvalue weighted by atomic mass is 10.1. The zero-order valence-corrected chi connectivity index (χ0v) is 18.2. The number of ether oxygens (including phenoxy) is 1. The molecule has 1 amide bonds. The second kappa shape index (κ2) is 9.57. The third-order valence-corrected chi connectivity index (χ3v) is 6.11. The molecule has 0 bridgehead atoms. The molecular weight excluding hydrogens is 408 g/mol. The molecule has 1 fully saturated rings. The van der Waals surface area contributed by atoms with E-state index in [2.05, 4.69) is 10.0 Å². The summed E-state index contributed by atoms with van der Waals surface area (Å²) in [6.45, 7) is 4.70. The van der Waals surface area contributed by atoms with Gasteiger partial charge in [-0.05, 0) is 19.1 Å². The molecule has 3 rings (SSSR count). The molecule has 9 nitrogen and oxygen atoms in total. The highest BCUT2D eigenvalue weighted by Crippen LogP contribution is 2.26. The molecule has 1 unspecified atom stereocenters. The molecule has 0 aliphatic carbocycles. The van der Waals surface area contributed by atoms with Crippen LogP contribution in [-0.2, 0) is 24.2 Å². The Balaban J connectivity index is 1.67. The third kappa shape index (κ3) is 5.57. The van der Waals surface area contributed by atoms with Gasteiger partial charge in [-0.1, -0.05) is 18.2 Å². The number of para-hydroxylation sites is 1. The molecule has 0 aromatic heterocycles. The first-order chi connectivity index (χ1) is 14.3. The highest BCUT2D eigenvalue weighted by atomic mass is 32.2. The number of piperazine rings is 1. The van der Waals surface area contributed by atoms with Crippen molar-refractivity contribution in [3.05, 3.63) is 30.3 Å². The van der Waals surface area contributed by atoms with Gasteiger partial charge in [0.2, 0.25) is 5.91 Å². The van der Waals surface area contributed by atoms with E-state index in [-0.39, 0.29) is 30.4 Å². The van der Waals surface area contributed by atoms with E-state index < -0.39 is 21.8 Å². The second-order valence-electron chi connectivity index (χ2n) is 7.46. The van der Waals surface area contributed by atoms with Gasteiger partial charge in [0, 0.05) is 45.4 Å². The lowest BCUT2D eigenvalue weighted by molar-refractivity contribution is -0.135. The van der Waals surface area contributed by atoms with E-state index in [1.807, 2.05) is 30.3 Å². The van der Waals surface area contributed by atoms with Crippen molar-refractivity contribution in [1.29, 1.82) is 0 Å². The predicted octanol–water partition coefficient (Wildman–Crippen LogP) is 0.373. The van der Waals surface area contributed by atoms with Crippen molar-refractivity contribution in [2.45, 2.75) is 19.4 Å². The topological polar surface area (TPSA) is 99.6 Å². The Bertz CT molecular complexity index is 895. The number of benzene rings is 1. The molecule has 0 spiro atoms. The molecule has 1 atom stereocenters. The minimum Gasteiger partial charge on any atom is -0.461 e. The number of hydrogen-bond acceptors (Lipinski definition) is 8. The van der Waals surface area contributed by atoms with Crippen LogP contribution in [0.2, 0.25) is 0 Å². The summed E-state index contributed by atoms with van der Waals surface area (Å²) in [5.41, 5.74) is 0.979. The van der Waals surface area contributed by atoms with Gasteiger partial charge >= 0.3 is 5.97 Å². The summed E-state index contributed by atoms with van der Waals surface area (Å²) in [7, 11) is -3.01. The number of sulfone groups is 1. The zero-order valence-electron chi connectivity index (χ0n) is 17.4. The van der Waals surface area contributed by atoms with Gasteiger partial charge in [-0.3, -0.25) is 14.7 Å².